The molecule has 0 heterocycles. The van der Waals surface area contributed by atoms with Crippen molar-refractivity contribution in [3.05, 3.63) is 70.2 Å². The highest BCUT2D eigenvalue weighted by atomic mass is 79.9. The Morgan fingerprint density at radius 3 is 1.74 bits per heavy atom. The average Bonchev–Trinajstić information content (AvgIpc) is 2.42. The molecule has 0 nitrogen and oxygen atoms in total. The van der Waals surface area contributed by atoms with E-state index in [1.807, 2.05) is 0 Å². The molecule has 2 rings (SSSR count). The summed E-state index contributed by atoms with van der Waals surface area (Å²) in [4.78, 5) is 0. The van der Waals surface area contributed by atoms with E-state index in [9.17, 15) is 0 Å². The molecule has 0 bridgehead atoms. The second-order valence-electron chi connectivity index (χ2n) is 5.47. The van der Waals surface area contributed by atoms with Crippen molar-refractivity contribution in [3.8, 4) is 0 Å². The lowest BCUT2D eigenvalue weighted by Crippen LogP contribution is -2.13. The zero-order valence-corrected chi connectivity index (χ0v) is 13.2. The SMILES string of the molecule is CC(Cc1ccccc1)C(C)Cc1ccc(Br)cc1. The highest BCUT2D eigenvalue weighted by Crippen LogP contribution is 2.22. The maximum Gasteiger partial charge on any atom is 0.0175 e. The largest absolute Gasteiger partial charge is 0.0622 e. The summed E-state index contributed by atoms with van der Waals surface area (Å²) in [6.07, 6.45) is 2.32. The fourth-order valence-electron chi connectivity index (χ4n) is 2.38. The molecule has 0 aliphatic rings. The molecule has 0 radical (unpaired) electrons. The molecule has 1 heteroatoms. The quantitative estimate of drug-likeness (QED) is 0.682. The molecular weight excluding hydrogens is 296 g/mol. The third-order valence-corrected chi connectivity index (χ3v) is 4.37. The van der Waals surface area contributed by atoms with Gasteiger partial charge in [-0.2, -0.15) is 0 Å². The van der Waals surface area contributed by atoms with Crippen LogP contribution in [0.2, 0.25) is 0 Å². The fraction of sp³-hybridized carbons (Fsp3) is 0.333. The Morgan fingerprint density at radius 1 is 0.737 bits per heavy atom. The van der Waals surface area contributed by atoms with Gasteiger partial charge in [-0.15, -0.1) is 0 Å². The highest BCUT2D eigenvalue weighted by molar-refractivity contribution is 9.10. The lowest BCUT2D eigenvalue weighted by Gasteiger charge is -2.20. The van der Waals surface area contributed by atoms with Gasteiger partial charge < -0.3 is 0 Å². The third kappa shape index (κ3) is 4.50. The van der Waals surface area contributed by atoms with Crippen LogP contribution in [0.4, 0.5) is 0 Å². The monoisotopic (exact) mass is 316 g/mol. The average molecular weight is 317 g/mol. The van der Waals surface area contributed by atoms with Crippen LogP contribution in [-0.4, -0.2) is 0 Å². The fourth-order valence-corrected chi connectivity index (χ4v) is 2.64. The van der Waals surface area contributed by atoms with Gasteiger partial charge in [0.2, 0.25) is 0 Å². The molecule has 0 spiro atoms. The van der Waals surface area contributed by atoms with Crippen LogP contribution in [0, 0.1) is 11.8 Å². The Balaban J connectivity index is 1.92. The Hall–Kier alpha value is -1.08. The van der Waals surface area contributed by atoms with Crippen molar-refractivity contribution in [1.29, 1.82) is 0 Å². The highest BCUT2D eigenvalue weighted by Gasteiger charge is 2.13. The van der Waals surface area contributed by atoms with Crippen LogP contribution < -0.4 is 0 Å². The molecule has 2 atom stereocenters. The van der Waals surface area contributed by atoms with Crippen molar-refractivity contribution >= 4 is 15.9 Å². The van der Waals surface area contributed by atoms with E-state index in [-0.39, 0.29) is 0 Å². The van der Waals surface area contributed by atoms with Gasteiger partial charge in [0.1, 0.15) is 0 Å². The van der Waals surface area contributed by atoms with Crippen molar-refractivity contribution in [2.45, 2.75) is 26.7 Å². The molecule has 0 aliphatic heterocycles. The van der Waals surface area contributed by atoms with Gasteiger partial charge in [-0.1, -0.05) is 72.2 Å². The van der Waals surface area contributed by atoms with Crippen molar-refractivity contribution in [3.63, 3.8) is 0 Å². The van der Waals surface area contributed by atoms with E-state index in [2.05, 4.69) is 84.4 Å². The van der Waals surface area contributed by atoms with Crippen LogP contribution in [0.1, 0.15) is 25.0 Å². The summed E-state index contributed by atoms with van der Waals surface area (Å²) >= 11 is 3.48. The summed E-state index contributed by atoms with van der Waals surface area (Å²) < 4.78 is 1.15. The summed E-state index contributed by atoms with van der Waals surface area (Å²) in [6, 6.07) is 19.5. The topological polar surface area (TPSA) is 0 Å². The smallest absolute Gasteiger partial charge is 0.0175 e. The van der Waals surface area contributed by atoms with Crippen molar-refractivity contribution in [2.75, 3.05) is 0 Å². The molecule has 0 fully saturated rings. The minimum Gasteiger partial charge on any atom is -0.0622 e. The van der Waals surface area contributed by atoms with Gasteiger partial charge >= 0.3 is 0 Å². The number of benzene rings is 2. The Labute approximate surface area is 125 Å². The normalized spacial score (nSPS) is 14.1. The number of halogens is 1. The van der Waals surface area contributed by atoms with E-state index in [0.29, 0.717) is 11.8 Å². The molecule has 2 aromatic carbocycles. The Kier molecular flexibility index (Phi) is 5.21. The number of hydrogen-bond acceptors (Lipinski definition) is 0. The Morgan fingerprint density at radius 2 is 1.21 bits per heavy atom. The van der Waals surface area contributed by atoms with E-state index in [0.717, 1.165) is 10.9 Å². The molecule has 100 valence electrons. The molecule has 0 amide bonds. The van der Waals surface area contributed by atoms with Crippen LogP contribution in [0.3, 0.4) is 0 Å². The molecule has 0 saturated heterocycles. The van der Waals surface area contributed by atoms with Gasteiger partial charge in [0.15, 0.2) is 0 Å². The zero-order chi connectivity index (χ0) is 13.7. The first-order valence-corrected chi connectivity index (χ1v) is 7.73. The van der Waals surface area contributed by atoms with Gasteiger partial charge in [-0.25, -0.2) is 0 Å². The van der Waals surface area contributed by atoms with Crippen LogP contribution in [0.25, 0.3) is 0 Å². The van der Waals surface area contributed by atoms with Crippen LogP contribution in [-0.2, 0) is 12.8 Å². The van der Waals surface area contributed by atoms with Gasteiger partial charge in [-0.3, -0.25) is 0 Å². The summed E-state index contributed by atoms with van der Waals surface area (Å²) in [5, 5.41) is 0. The molecular formula is C18H21Br. The van der Waals surface area contributed by atoms with Gasteiger partial charge in [0.05, 0.1) is 0 Å². The minimum atomic E-state index is 0.696. The molecule has 19 heavy (non-hydrogen) atoms. The maximum absolute atomic E-state index is 3.48. The van der Waals surface area contributed by atoms with Crippen molar-refractivity contribution in [1.82, 2.24) is 0 Å². The first kappa shape index (κ1) is 14.3. The second kappa shape index (κ2) is 6.91. The lowest BCUT2D eigenvalue weighted by molar-refractivity contribution is 0.383. The summed E-state index contributed by atoms with van der Waals surface area (Å²) in [5.41, 5.74) is 2.87. The predicted molar refractivity (Wildman–Crippen MR) is 86.3 cm³/mol. The first-order valence-electron chi connectivity index (χ1n) is 6.93. The summed E-state index contributed by atoms with van der Waals surface area (Å²) in [6.45, 7) is 4.71. The Bertz CT molecular complexity index is 487. The first-order chi connectivity index (χ1) is 9.15. The van der Waals surface area contributed by atoms with Gasteiger partial charge in [-0.05, 0) is 47.9 Å². The van der Waals surface area contributed by atoms with Crippen molar-refractivity contribution < 1.29 is 0 Å². The second-order valence-corrected chi connectivity index (χ2v) is 6.39. The molecule has 0 saturated carbocycles. The molecule has 0 aliphatic carbocycles. The lowest BCUT2D eigenvalue weighted by atomic mass is 9.85. The number of rotatable bonds is 5. The summed E-state index contributed by atoms with van der Waals surface area (Å²) in [5.74, 6) is 1.40. The van der Waals surface area contributed by atoms with E-state index < -0.39 is 0 Å². The van der Waals surface area contributed by atoms with E-state index in [4.69, 9.17) is 0 Å². The predicted octanol–water partition coefficient (Wildman–Crippen LogP) is 5.51. The molecule has 2 aromatic rings. The van der Waals surface area contributed by atoms with E-state index in [1.54, 1.807) is 0 Å². The van der Waals surface area contributed by atoms with E-state index >= 15 is 0 Å². The zero-order valence-electron chi connectivity index (χ0n) is 11.6. The third-order valence-electron chi connectivity index (χ3n) is 3.84. The summed E-state index contributed by atoms with van der Waals surface area (Å²) in [7, 11) is 0. The maximum atomic E-state index is 3.48. The number of hydrogen-bond donors (Lipinski definition) is 0. The standard InChI is InChI=1S/C18H21Br/c1-14(12-16-6-4-3-5-7-16)15(2)13-17-8-10-18(19)11-9-17/h3-11,14-15H,12-13H2,1-2H3. The van der Waals surface area contributed by atoms with Crippen LogP contribution in [0.5, 0.6) is 0 Å². The molecule has 2 unspecified atom stereocenters. The van der Waals surface area contributed by atoms with E-state index in [1.165, 1.54) is 17.5 Å². The minimum absolute atomic E-state index is 0.696. The molecule has 0 aromatic heterocycles. The van der Waals surface area contributed by atoms with Crippen molar-refractivity contribution in [2.24, 2.45) is 11.8 Å². The van der Waals surface area contributed by atoms with Crippen LogP contribution >= 0.6 is 15.9 Å². The van der Waals surface area contributed by atoms with Crippen LogP contribution in [0.15, 0.2) is 59.1 Å². The van der Waals surface area contributed by atoms with Gasteiger partial charge in [0, 0.05) is 4.47 Å². The van der Waals surface area contributed by atoms with Gasteiger partial charge in [0.25, 0.3) is 0 Å². The molecule has 0 N–H and O–H groups in total.